The lowest BCUT2D eigenvalue weighted by molar-refractivity contribution is -0.0698. The van der Waals surface area contributed by atoms with Crippen LogP contribution < -0.4 is 5.32 Å². The maximum absolute atomic E-state index is 14.6. The molecule has 0 bridgehead atoms. The normalized spacial score (nSPS) is 16.2. The second kappa shape index (κ2) is 10.8. The van der Waals surface area contributed by atoms with Gasteiger partial charge in [0, 0.05) is 61.1 Å². The molecule has 1 heterocycles. The highest BCUT2D eigenvalue weighted by atomic mass is 35.5. The molecule has 3 aromatic carbocycles. The molecule has 36 heavy (non-hydrogen) atoms. The number of benzene rings is 3. The zero-order chi connectivity index (χ0) is 26.0. The molecule has 0 spiro atoms. The summed E-state index contributed by atoms with van der Waals surface area (Å²) in [5.41, 5.74) is 0.978. The number of amides is 1. The summed E-state index contributed by atoms with van der Waals surface area (Å²) < 4.78 is 35.5. The van der Waals surface area contributed by atoms with Gasteiger partial charge >= 0.3 is 6.09 Å². The van der Waals surface area contributed by atoms with Crippen molar-refractivity contribution in [3.05, 3.63) is 105 Å². The Balaban J connectivity index is 2.00. The summed E-state index contributed by atoms with van der Waals surface area (Å²) in [7, 11) is 3.21. The third-order valence-corrected chi connectivity index (χ3v) is 7.42. The lowest BCUT2D eigenvalue weighted by Gasteiger charge is -2.50. The van der Waals surface area contributed by atoms with E-state index >= 15 is 0 Å². The summed E-state index contributed by atoms with van der Waals surface area (Å²) >= 11 is 12.4. The van der Waals surface area contributed by atoms with Gasteiger partial charge in [0.05, 0.1) is 0 Å². The van der Waals surface area contributed by atoms with Crippen molar-refractivity contribution in [2.45, 2.75) is 24.4 Å². The molecular weight excluding hydrogens is 505 g/mol. The van der Waals surface area contributed by atoms with Gasteiger partial charge in [-0.25, -0.2) is 13.6 Å². The summed E-state index contributed by atoms with van der Waals surface area (Å²) in [6.45, 7) is 3.05. The zero-order valence-corrected chi connectivity index (χ0v) is 21.8. The van der Waals surface area contributed by atoms with Crippen molar-refractivity contribution in [3.8, 4) is 0 Å². The smallest absolute Gasteiger partial charge is 0.409 e. The number of halogens is 4. The number of carbonyl (C=O) groups excluding carboxylic acids is 1. The topological polar surface area (TPSA) is 41.6 Å². The quantitative estimate of drug-likeness (QED) is 0.361. The molecule has 2 atom stereocenters. The van der Waals surface area contributed by atoms with E-state index < -0.39 is 35.2 Å². The van der Waals surface area contributed by atoms with Gasteiger partial charge in [-0.15, -0.1) is 0 Å². The SMILES string of the molecule is CN(C)C(=O)OC(C)(C1CNC1)C(c1cc(F)cc(F)c1)C(c1ccc(Cl)cc1)c1ccc(Cl)cc1. The van der Waals surface area contributed by atoms with Crippen LogP contribution in [-0.4, -0.2) is 43.8 Å². The Hall–Kier alpha value is -2.67. The van der Waals surface area contributed by atoms with Crippen LogP contribution in [0.1, 0.15) is 35.4 Å². The molecule has 1 aliphatic rings. The molecule has 8 heteroatoms. The Morgan fingerprint density at radius 2 is 1.39 bits per heavy atom. The molecule has 3 aromatic rings. The fourth-order valence-corrected chi connectivity index (χ4v) is 5.15. The van der Waals surface area contributed by atoms with Gasteiger partial charge in [0.1, 0.15) is 17.2 Å². The molecule has 1 amide bonds. The molecule has 0 radical (unpaired) electrons. The summed E-state index contributed by atoms with van der Waals surface area (Å²) in [4.78, 5) is 14.3. The van der Waals surface area contributed by atoms with Gasteiger partial charge in [-0.1, -0.05) is 47.5 Å². The first-order chi connectivity index (χ1) is 17.1. The number of ether oxygens (including phenoxy) is 1. The van der Waals surface area contributed by atoms with Crippen molar-refractivity contribution in [1.82, 2.24) is 10.2 Å². The van der Waals surface area contributed by atoms with Crippen LogP contribution >= 0.6 is 23.2 Å². The predicted octanol–water partition coefficient (Wildman–Crippen LogP) is 6.86. The molecule has 0 saturated carbocycles. The summed E-state index contributed by atoms with van der Waals surface area (Å²) in [5, 5.41) is 4.37. The Kier molecular flexibility index (Phi) is 7.88. The van der Waals surface area contributed by atoms with Crippen molar-refractivity contribution < 1.29 is 18.3 Å². The minimum Gasteiger partial charge on any atom is -0.442 e. The molecule has 1 saturated heterocycles. The summed E-state index contributed by atoms with van der Waals surface area (Å²) in [5.74, 6) is -2.59. The van der Waals surface area contributed by atoms with Gasteiger partial charge < -0.3 is 15.0 Å². The summed E-state index contributed by atoms with van der Waals surface area (Å²) in [6, 6.07) is 18.1. The molecule has 2 unspecified atom stereocenters. The molecule has 1 fully saturated rings. The van der Waals surface area contributed by atoms with Crippen LogP contribution in [0, 0.1) is 17.6 Å². The van der Waals surface area contributed by atoms with Crippen LogP contribution in [0.5, 0.6) is 0 Å². The first-order valence-corrected chi connectivity index (χ1v) is 12.4. The van der Waals surface area contributed by atoms with E-state index in [9.17, 15) is 13.6 Å². The average Bonchev–Trinajstić information content (AvgIpc) is 2.76. The first kappa shape index (κ1) is 26.4. The molecular formula is C28H28Cl2F2N2O2. The Labute approximate surface area is 220 Å². The highest BCUT2D eigenvalue weighted by Gasteiger charge is 2.52. The lowest BCUT2D eigenvalue weighted by Crippen LogP contribution is -2.60. The molecule has 190 valence electrons. The number of carbonyl (C=O) groups is 1. The standard InChI is InChI=1S/C28H28Cl2F2N2O2/c1-28(20-15-33-16-20,36-27(35)34(2)3)26(19-12-23(31)14-24(32)13-19)25(17-4-8-21(29)9-5-17)18-6-10-22(30)11-7-18/h4-14,20,25-26,33H,15-16H2,1-3H3. The fourth-order valence-electron chi connectivity index (χ4n) is 4.90. The van der Waals surface area contributed by atoms with Crippen LogP contribution in [0.2, 0.25) is 10.0 Å². The Morgan fingerprint density at radius 1 is 0.917 bits per heavy atom. The van der Waals surface area contributed by atoms with E-state index in [4.69, 9.17) is 27.9 Å². The van der Waals surface area contributed by atoms with Crippen LogP contribution in [0.3, 0.4) is 0 Å². The molecule has 4 rings (SSSR count). The van der Waals surface area contributed by atoms with Crippen molar-refractivity contribution in [2.24, 2.45) is 5.92 Å². The predicted molar refractivity (Wildman–Crippen MR) is 139 cm³/mol. The molecule has 0 aromatic heterocycles. The zero-order valence-electron chi connectivity index (χ0n) is 20.3. The van der Waals surface area contributed by atoms with Gasteiger partial charge in [0.2, 0.25) is 0 Å². The van der Waals surface area contributed by atoms with Crippen LogP contribution in [0.15, 0.2) is 66.7 Å². The average molecular weight is 533 g/mol. The lowest BCUT2D eigenvalue weighted by atomic mass is 9.64. The second-order valence-electron chi connectivity index (χ2n) is 9.56. The van der Waals surface area contributed by atoms with Crippen molar-refractivity contribution in [1.29, 1.82) is 0 Å². The highest BCUT2D eigenvalue weighted by Crippen LogP contribution is 2.50. The number of hydrogen-bond acceptors (Lipinski definition) is 3. The van der Waals surface area contributed by atoms with Gasteiger partial charge in [0.25, 0.3) is 0 Å². The highest BCUT2D eigenvalue weighted by molar-refractivity contribution is 6.30. The molecule has 0 aliphatic carbocycles. The van der Waals surface area contributed by atoms with Crippen molar-refractivity contribution >= 4 is 29.3 Å². The van der Waals surface area contributed by atoms with Crippen LogP contribution in [0.25, 0.3) is 0 Å². The van der Waals surface area contributed by atoms with Gasteiger partial charge in [-0.05, 0) is 60.0 Å². The minimum absolute atomic E-state index is 0.0974. The molecule has 1 N–H and O–H groups in total. The number of rotatable bonds is 7. The van der Waals surface area contributed by atoms with E-state index in [-0.39, 0.29) is 5.92 Å². The van der Waals surface area contributed by atoms with Crippen LogP contribution in [0.4, 0.5) is 13.6 Å². The largest absolute Gasteiger partial charge is 0.442 e. The molecule has 1 aliphatic heterocycles. The Bertz CT molecular complexity index is 1150. The van der Waals surface area contributed by atoms with Crippen molar-refractivity contribution in [2.75, 3.05) is 27.2 Å². The second-order valence-corrected chi connectivity index (χ2v) is 10.4. The fraction of sp³-hybridized carbons (Fsp3) is 0.321. The monoisotopic (exact) mass is 532 g/mol. The first-order valence-electron chi connectivity index (χ1n) is 11.7. The number of nitrogens with zero attached hydrogens (tertiary/aromatic N) is 1. The third kappa shape index (κ3) is 5.51. The van der Waals surface area contributed by atoms with E-state index in [1.54, 1.807) is 38.4 Å². The van der Waals surface area contributed by atoms with E-state index in [0.717, 1.165) is 17.2 Å². The van der Waals surface area contributed by atoms with E-state index in [1.807, 2.05) is 31.2 Å². The van der Waals surface area contributed by atoms with Crippen LogP contribution in [-0.2, 0) is 4.74 Å². The van der Waals surface area contributed by atoms with Gasteiger partial charge in [-0.2, -0.15) is 0 Å². The van der Waals surface area contributed by atoms with Crippen molar-refractivity contribution in [3.63, 3.8) is 0 Å². The molecule has 4 nitrogen and oxygen atoms in total. The van der Waals surface area contributed by atoms with Gasteiger partial charge in [-0.3, -0.25) is 0 Å². The van der Waals surface area contributed by atoms with E-state index in [2.05, 4.69) is 5.32 Å². The third-order valence-electron chi connectivity index (χ3n) is 6.92. The maximum atomic E-state index is 14.6. The number of nitrogens with one attached hydrogen (secondary N) is 1. The number of hydrogen-bond donors (Lipinski definition) is 1. The summed E-state index contributed by atoms with van der Waals surface area (Å²) in [6.07, 6.45) is -0.530. The van der Waals surface area contributed by atoms with E-state index in [1.165, 1.54) is 17.0 Å². The van der Waals surface area contributed by atoms with E-state index in [0.29, 0.717) is 28.7 Å². The maximum Gasteiger partial charge on any atom is 0.409 e. The van der Waals surface area contributed by atoms with Gasteiger partial charge in [0.15, 0.2) is 0 Å². The Morgan fingerprint density at radius 3 is 1.78 bits per heavy atom. The minimum atomic E-state index is -1.13.